The Bertz CT molecular complexity index is 418. The van der Waals surface area contributed by atoms with Gasteiger partial charge in [0.1, 0.15) is 5.82 Å². The minimum absolute atomic E-state index is 0.196. The van der Waals surface area contributed by atoms with Crippen LogP contribution in [0.2, 0.25) is 0 Å². The second-order valence-electron chi connectivity index (χ2n) is 6.52. The van der Waals surface area contributed by atoms with E-state index >= 15 is 0 Å². The zero-order valence-corrected chi connectivity index (χ0v) is 12.7. The first-order valence-corrected chi connectivity index (χ1v) is 7.41. The van der Waals surface area contributed by atoms with Crippen molar-refractivity contribution in [3.05, 3.63) is 23.4 Å². The molecule has 3 unspecified atom stereocenters. The SMILES string of the molecule is Cc1cc(CC(C)N)cnc1N1CC(C)CC(C)C1. The van der Waals surface area contributed by atoms with E-state index in [0.29, 0.717) is 0 Å². The number of pyridine rings is 1. The van der Waals surface area contributed by atoms with E-state index in [2.05, 4.69) is 31.7 Å². The number of hydrogen-bond donors (Lipinski definition) is 1. The van der Waals surface area contributed by atoms with Gasteiger partial charge in [0, 0.05) is 25.3 Å². The maximum Gasteiger partial charge on any atom is 0.131 e. The summed E-state index contributed by atoms with van der Waals surface area (Å²) in [6.07, 6.45) is 4.23. The normalized spacial score (nSPS) is 25.4. The first kappa shape index (κ1) is 14.3. The summed E-state index contributed by atoms with van der Waals surface area (Å²) >= 11 is 0. The lowest BCUT2D eigenvalue weighted by atomic mass is 9.91. The Labute approximate surface area is 117 Å². The van der Waals surface area contributed by atoms with E-state index in [4.69, 9.17) is 10.7 Å². The topological polar surface area (TPSA) is 42.1 Å². The van der Waals surface area contributed by atoms with E-state index in [0.717, 1.165) is 37.2 Å². The summed E-state index contributed by atoms with van der Waals surface area (Å²) in [5.41, 5.74) is 8.38. The molecule has 2 N–H and O–H groups in total. The fraction of sp³-hybridized carbons (Fsp3) is 0.688. The average Bonchev–Trinajstić information content (AvgIpc) is 2.26. The summed E-state index contributed by atoms with van der Waals surface area (Å²) in [5, 5.41) is 0. The Morgan fingerprint density at radius 1 is 1.37 bits per heavy atom. The van der Waals surface area contributed by atoms with Crippen LogP contribution in [0.3, 0.4) is 0 Å². The molecule has 0 saturated carbocycles. The molecule has 0 radical (unpaired) electrons. The second-order valence-corrected chi connectivity index (χ2v) is 6.52. The summed E-state index contributed by atoms with van der Waals surface area (Å²) in [7, 11) is 0. The van der Waals surface area contributed by atoms with Crippen LogP contribution in [0.4, 0.5) is 5.82 Å². The fourth-order valence-corrected chi connectivity index (χ4v) is 3.28. The van der Waals surface area contributed by atoms with Gasteiger partial charge in [-0.2, -0.15) is 0 Å². The van der Waals surface area contributed by atoms with Crippen molar-refractivity contribution >= 4 is 5.82 Å². The maximum atomic E-state index is 5.85. The van der Waals surface area contributed by atoms with Gasteiger partial charge in [0.2, 0.25) is 0 Å². The number of piperidine rings is 1. The third-order valence-corrected chi connectivity index (χ3v) is 3.83. The summed E-state index contributed by atoms with van der Waals surface area (Å²) in [4.78, 5) is 7.14. The summed E-state index contributed by atoms with van der Waals surface area (Å²) < 4.78 is 0. The standard InChI is InChI=1S/C16H27N3/c1-11-5-12(2)10-19(9-11)16-13(3)6-15(8-18-16)7-14(4)17/h6,8,11-12,14H,5,7,9-10,17H2,1-4H3. The molecule has 1 aliphatic rings. The number of anilines is 1. The highest BCUT2D eigenvalue weighted by Crippen LogP contribution is 2.27. The Balaban J connectivity index is 2.16. The van der Waals surface area contributed by atoms with Gasteiger partial charge in [-0.25, -0.2) is 4.98 Å². The minimum atomic E-state index is 0.196. The highest BCUT2D eigenvalue weighted by Gasteiger charge is 2.23. The van der Waals surface area contributed by atoms with Crippen molar-refractivity contribution in [3.8, 4) is 0 Å². The number of nitrogens with two attached hydrogens (primary N) is 1. The van der Waals surface area contributed by atoms with Gasteiger partial charge >= 0.3 is 0 Å². The lowest BCUT2D eigenvalue weighted by Gasteiger charge is -2.36. The molecule has 0 amide bonds. The molecular weight excluding hydrogens is 234 g/mol. The molecule has 0 spiro atoms. The smallest absolute Gasteiger partial charge is 0.131 e. The molecule has 1 aromatic heterocycles. The van der Waals surface area contributed by atoms with E-state index in [-0.39, 0.29) is 6.04 Å². The molecule has 0 aliphatic carbocycles. The van der Waals surface area contributed by atoms with E-state index < -0.39 is 0 Å². The molecule has 1 aromatic rings. The Hall–Kier alpha value is -1.09. The minimum Gasteiger partial charge on any atom is -0.356 e. The Morgan fingerprint density at radius 3 is 2.53 bits per heavy atom. The van der Waals surface area contributed by atoms with Gasteiger partial charge in [-0.05, 0) is 49.7 Å². The van der Waals surface area contributed by atoms with Crippen molar-refractivity contribution in [2.24, 2.45) is 17.6 Å². The quantitative estimate of drug-likeness (QED) is 0.909. The van der Waals surface area contributed by atoms with Crippen molar-refractivity contribution in [2.75, 3.05) is 18.0 Å². The average molecular weight is 261 g/mol. The van der Waals surface area contributed by atoms with Crippen molar-refractivity contribution < 1.29 is 0 Å². The molecule has 2 heterocycles. The zero-order chi connectivity index (χ0) is 14.0. The van der Waals surface area contributed by atoms with Gasteiger partial charge in [-0.15, -0.1) is 0 Å². The Kier molecular flexibility index (Phi) is 4.46. The molecular formula is C16H27N3. The van der Waals surface area contributed by atoms with Crippen molar-refractivity contribution in [3.63, 3.8) is 0 Å². The lowest BCUT2D eigenvalue weighted by molar-refractivity contribution is 0.355. The van der Waals surface area contributed by atoms with Gasteiger partial charge in [-0.1, -0.05) is 19.9 Å². The molecule has 1 fully saturated rings. The number of aromatic nitrogens is 1. The van der Waals surface area contributed by atoms with Crippen LogP contribution < -0.4 is 10.6 Å². The third kappa shape index (κ3) is 3.69. The monoisotopic (exact) mass is 261 g/mol. The molecule has 19 heavy (non-hydrogen) atoms. The number of aryl methyl sites for hydroxylation is 1. The first-order valence-electron chi connectivity index (χ1n) is 7.41. The highest BCUT2D eigenvalue weighted by atomic mass is 15.2. The van der Waals surface area contributed by atoms with Gasteiger partial charge in [0.25, 0.3) is 0 Å². The zero-order valence-electron chi connectivity index (χ0n) is 12.7. The highest BCUT2D eigenvalue weighted by molar-refractivity contribution is 5.48. The molecule has 0 bridgehead atoms. The van der Waals surface area contributed by atoms with Crippen LogP contribution in [0.15, 0.2) is 12.3 Å². The van der Waals surface area contributed by atoms with Crippen LogP contribution in [0.1, 0.15) is 38.3 Å². The number of rotatable bonds is 3. The third-order valence-electron chi connectivity index (χ3n) is 3.83. The summed E-state index contributed by atoms with van der Waals surface area (Å²) in [5.74, 6) is 2.68. The van der Waals surface area contributed by atoms with E-state index in [1.807, 2.05) is 13.1 Å². The largest absolute Gasteiger partial charge is 0.356 e. The van der Waals surface area contributed by atoms with Crippen molar-refractivity contribution in [1.82, 2.24) is 4.98 Å². The van der Waals surface area contributed by atoms with Gasteiger partial charge in [0.15, 0.2) is 0 Å². The molecule has 1 aliphatic heterocycles. The van der Waals surface area contributed by atoms with Crippen LogP contribution in [-0.2, 0) is 6.42 Å². The van der Waals surface area contributed by atoms with Crippen LogP contribution in [0.25, 0.3) is 0 Å². The number of hydrogen-bond acceptors (Lipinski definition) is 3. The molecule has 2 rings (SSSR count). The molecule has 3 atom stereocenters. The first-order chi connectivity index (χ1) is 8.95. The van der Waals surface area contributed by atoms with Crippen LogP contribution >= 0.6 is 0 Å². The number of nitrogens with zero attached hydrogens (tertiary/aromatic N) is 2. The van der Waals surface area contributed by atoms with Crippen molar-refractivity contribution in [2.45, 2.75) is 46.6 Å². The van der Waals surface area contributed by atoms with Gasteiger partial charge in [-0.3, -0.25) is 0 Å². The molecule has 3 heteroatoms. The van der Waals surface area contributed by atoms with Gasteiger partial charge < -0.3 is 10.6 Å². The van der Waals surface area contributed by atoms with Gasteiger partial charge in [0.05, 0.1) is 0 Å². The maximum absolute atomic E-state index is 5.85. The summed E-state index contributed by atoms with van der Waals surface area (Å²) in [6.45, 7) is 11.1. The predicted octanol–water partition coefficient (Wildman–Crippen LogP) is 2.76. The van der Waals surface area contributed by atoms with Crippen LogP contribution in [0.5, 0.6) is 0 Å². The predicted molar refractivity (Wildman–Crippen MR) is 81.5 cm³/mol. The van der Waals surface area contributed by atoms with Crippen LogP contribution in [-0.4, -0.2) is 24.1 Å². The fourth-order valence-electron chi connectivity index (χ4n) is 3.28. The molecule has 3 nitrogen and oxygen atoms in total. The van der Waals surface area contributed by atoms with Crippen LogP contribution in [0, 0.1) is 18.8 Å². The molecule has 0 aromatic carbocycles. The van der Waals surface area contributed by atoms with E-state index in [1.54, 1.807) is 0 Å². The molecule has 106 valence electrons. The van der Waals surface area contributed by atoms with E-state index in [1.165, 1.54) is 17.5 Å². The van der Waals surface area contributed by atoms with Crippen molar-refractivity contribution in [1.29, 1.82) is 0 Å². The molecule has 1 saturated heterocycles. The summed E-state index contributed by atoms with van der Waals surface area (Å²) in [6, 6.07) is 2.44. The Morgan fingerprint density at radius 2 is 2.00 bits per heavy atom. The lowest BCUT2D eigenvalue weighted by Crippen LogP contribution is -2.39. The second kappa shape index (κ2) is 5.91. The van der Waals surface area contributed by atoms with E-state index in [9.17, 15) is 0 Å².